The minimum absolute atomic E-state index is 0.0776. The Kier molecular flexibility index (Phi) is 7.53. The van der Waals surface area contributed by atoms with Crippen LogP contribution < -0.4 is 5.32 Å². The maximum atomic E-state index is 11.3. The highest BCUT2D eigenvalue weighted by molar-refractivity contribution is 5.66. The largest absolute Gasteiger partial charge is 0.453 e. The molecule has 5 nitrogen and oxygen atoms in total. The van der Waals surface area contributed by atoms with Crippen molar-refractivity contribution in [1.29, 1.82) is 0 Å². The van der Waals surface area contributed by atoms with Crippen molar-refractivity contribution in [2.75, 3.05) is 26.9 Å². The highest BCUT2D eigenvalue weighted by atomic mass is 16.5. The van der Waals surface area contributed by atoms with E-state index < -0.39 is 0 Å². The van der Waals surface area contributed by atoms with Crippen LogP contribution in [0.3, 0.4) is 0 Å². The van der Waals surface area contributed by atoms with Crippen molar-refractivity contribution in [3.05, 3.63) is 34.9 Å². The SMILES string of the molecule is CCCC(CNC(=O)OC)c1ccc2c(c1)CCC(OCCO)C2. The quantitative estimate of drug-likeness (QED) is 0.766. The molecule has 2 N–H and O–H groups in total. The third-order valence-electron chi connectivity index (χ3n) is 4.65. The Labute approximate surface area is 144 Å². The molecule has 1 aliphatic rings. The zero-order valence-corrected chi connectivity index (χ0v) is 14.7. The minimum atomic E-state index is -0.377. The van der Waals surface area contributed by atoms with Crippen LogP contribution in [-0.4, -0.2) is 44.2 Å². The molecule has 2 unspecified atom stereocenters. The third-order valence-corrected chi connectivity index (χ3v) is 4.65. The maximum absolute atomic E-state index is 11.3. The van der Waals surface area contributed by atoms with Crippen LogP contribution in [0.1, 0.15) is 48.8 Å². The van der Waals surface area contributed by atoms with Crippen molar-refractivity contribution < 1.29 is 19.4 Å². The van der Waals surface area contributed by atoms with Gasteiger partial charge in [-0.05, 0) is 42.4 Å². The number of methoxy groups -OCH3 is 1. The topological polar surface area (TPSA) is 67.8 Å². The number of fused-ring (bicyclic) bond motifs is 1. The molecule has 2 rings (SSSR count). The van der Waals surface area contributed by atoms with Crippen LogP contribution in [0, 0.1) is 0 Å². The maximum Gasteiger partial charge on any atom is 0.406 e. The predicted molar refractivity (Wildman–Crippen MR) is 93.3 cm³/mol. The van der Waals surface area contributed by atoms with Gasteiger partial charge in [0.25, 0.3) is 0 Å². The lowest BCUT2D eigenvalue weighted by Gasteiger charge is -2.26. The average molecular weight is 335 g/mol. The first-order valence-corrected chi connectivity index (χ1v) is 8.83. The summed E-state index contributed by atoms with van der Waals surface area (Å²) in [5.74, 6) is 0.308. The second kappa shape index (κ2) is 9.64. The van der Waals surface area contributed by atoms with E-state index in [1.54, 1.807) is 0 Å². The van der Waals surface area contributed by atoms with Gasteiger partial charge in [-0.15, -0.1) is 0 Å². The first-order chi connectivity index (χ1) is 11.7. The number of nitrogens with one attached hydrogen (secondary N) is 1. The average Bonchev–Trinajstić information content (AvgIpc) is 2.62. The fourth-order valence-electron chi connectivity index (χ4n) is 3.37. The molecule has 1 aromatic rings. The zero-order valence-electron chi connectivity index (χ0n) is 14.7. The van der Waals surface area contributed by atoms with E-state index in [4.69, 9.17) is 9.84 Å². The van der Waals surface area contributed by atoms with Crippen molar-refractivity contribution in [3.8, 4) is 0 Å². The number of ether oxygens (including phenoxy) is 2. The highest BCUT2D eigenvalue weighted by Crippen LogP contribution is 2.28. The lowest BCUT2D eigenvalue weighted by atomic mass is 9.85. The number of benzene rings is 1. The fourth-order valence-corrected chi connectivity index (χ4v) is 3.37. The Morgan fingerprint density at radius 2 is 2.25 bits per heavy atom. The smallest absolute Gasteiger partial charge is 0.406 e. The molecule has 0 heterocycles. The summed E-state index contributed by atoms with van der Waals surface area (Å²) in [7, 11) is 1.39. The molecule has 24 heavy (non-hydrogen) atoms. The van der Waals surface area contributed by atoms with Gasteiger partial charge in [0.1, 0.15) is 0 Å². The van der Waals surface area contributed by atoms with Crippen LogP contribution in [0.25, 0.3) is 0 Å². The van der Waals surface area contributed by atoms with Gasteiger partial charge in [-0.25, -0.2) is 4.79 Å². The highest BCUT2D eigenvalue weighted by Gasteiger charge is 2.21. The van der Waals surface area contributed by atoms with E-state index in [0.29, 0.717) is 19.1 Å². The van der Waals surface area contributed by atoms with Gasteiger partial charge in [0.15, 0.2) is 0 Å². The predicted octanol–water partition coefficient (Wildman–Crippen LogP) is 2.79. The van der Waals surface area contributed by atoms with Crippen LogP contribution >= 0.6 is 0 Å². The summed E-state index contributed by atoms with van der Waals surface area (Å²) in [4.78, 5) is 11.3. The van der Waals surface area contributed by atoms with E-state index in [1.165, 1.54) is 23.8 Å². The Bertz CT molecular complexity index is 532. The molecule has 0 saturated carbocycles. The third kappa shape index (κ3) is 5.21. The summed E-state index contributed by atoms with van der Waals surface area (Å²) in [6.45, 7) is 3.25. The number of aliphatic hydroxyl groups excluding tert-OH is 1. The molecular weight excluding hydrogens is 306 g/mol. The normalized spacial score (nSPS) is 17.9. The van der Waals surface area contributed by atoms with Crippen molar-refractivity contribution >= 4 is 6.09 Å². The van der Waals surface area contributed by atoms with Crippen LogP contribution in [0.5, 0.6) is 0 Å². The second-order valence-electron chi connectivity index (χ2n) is 6.35. The molecule has 5 heteroatoms. The van der Waals surface area contributed by atoms with Gasteiger partial charge in [0, 0.05) is 12.5 Å². The second-order valence-corrected chi connectivity index (χ2v) is 6.35. The summed E-state index contributed by atoms with van der Waals surface area (Å²) in [5, 5.41) is 11.7. The lowest BCUT2D eigenvalue weighted by molar-refractivity contribution is 0.0216. The molecule has 0 saturated heterocycles. The molecule has 0 aliphatic heterocycles. The van der Waals surface area contributed by atoms with Crippen LogP contribution in [0.2, 0.25) is 0 Å². The number of amides is 1. The number of hydrogen-bond acceptors (Lipinski definition) is 4. The summed E-state index contributed by atoms with van der Waals surface area (Å²) >= 11 is 0. The molecule has 1 aliphatic carbocycles. The van der Waals surface area contributed by atoms with Crippen LogP contribution in [0.15, 0.2) is 18.2 Å². The van der Waals surface area contributed by atoms with Crippen LogP contribution in [0.4, 0.5) is 4.79 Å². The standard InChI is InChI=1S/C19H29NO4/c1-3-4-17(13-20-19(22)23-2)15-5-6-16-12-18(24-10-9-21)8-7-14(16)11-15/h5-6,11,17-18,21H,3-4,7-10,12-13H2,1-2H3,(H,20,22). The van der Waals surface area contributed by atoms with E-state index in [-0.39, 0.29) is 18.8 Å². The Morgan fingerprint density at radius 3 is 2.96 bits per heavy atom. The molecule has 2 atom stereocenters. The summed E-state index contributed by atoms with van der Waals surface area (Å²) < 4.78 is 10.3. The van der Waals surface area contributed by atoms with Crippen LogP contribution in [-0.2, 0) is 22.3 Å². The molecule has 1 aromatic carbocycles. The summed E-state index contributed by atoms with van der Waals surface area (Å²) in [6.07, 6.45) is 4.85. The van der Waals surface area contributed by atoms with Gasteiger partial charge in [-0.1, -0.05) is 31.5 Å². The van der Waals surface area contributed by atoms with Gasteiger partial charge >= 0.3 is 6.09 Å². The van der Waals surface area contributed by atoms with Gasteiger partial charge in [-0.2, -0.15) is 0 Å². The number of aryl methyl sites for hydroxylation is 1. The van der Waals surface area contributed by atoms with E-state index >= 15 is 0 Å². The Hall–Kier alpha value is -1.59. The first-order valence-electron chi connectivity index (χ1n) is 8.83. The van der Waals surface area contributed by atoms with E-state index in [0.717, 1.165) is 32.1 Å². The monoisotopic (exact) mass is 335 g/mol. The molecular formula is C19H29NO4. The van der Waals surface area contributed by atoms with Crippen molar-refractivity contribution in [2.45, 2.75) is 51.0 Å². The fraction of sp³-hybridized carbons (Fsp3) is 0.632. The molecule has 134 valence electrons. The van der Waals surface area contributed by atoms with Gasteiger partial charge in [0.05, 0.1) is 26.4 Å². The zero-order chi connectivity index (χ0) is 17.4. The van der Waals surface area contributed by atoms with Gasteiger partial charge in [0.2, 0.25) is 0 Å². The Morgan fingerprint density at radius 1 is 1.42 bits per heavy atom. The number of rotatable bonds is 8. The van der Waals surface area contributed by atoms with Gasteiger partial charge in [-0.3, -0.25) is 0 Å². The van der Waals surface area contributed by atoms with Crippen molar-refractivity contribution in [1.82, 2.24) is 5.32 Å². The first kappa shape index (κ1) is 18.7. The minimum Gasteiger partial charge on any atom is -0.453 e. The number of alkyl carbamates (subject to hydrolysis) is 1. The Balaban J connectivity index is 2.04. The van der Waals surface area contributed by atoms with Gasteiger partial charge < -0.3 is 19.9 Å². The molecule has 0 bridgehead atoms. The summed E-state index contributed by atoms with van der Waals surface area (Å²) in [6, 6.07) is 6.66. The van der Waals surface area contributed by atoms with E-state index in [9.17, 15) is 4.79 Å². The summed E-state index contributed by atoms with van der Waals surface area (Å²) in [5.41, 5.74) is 4.00. The number of hydrogen-bond donors (Lipinski definition) is 2. The number of carbonyl (C=O) groups is 1. The molecule has 0 fully saturated rings. The molecule has 0 spiro atoms. The molecule has 0 aromatic heterocycles. The van der Waals surface area contributed by atoms with Crippen molar-refractivity contribution in [2.24, 2.45) is 0 Å². The van der Waals surface area contributed by atoms with E-state index in [2.05, 4.69) is 35.2 Å². The van der Waals surface area contributed by atoms with E-state index in [1.807, 2.05) is 0 Å². The van der Waals surface area contributed by atoms with Crippen molar-refractivity contribution in [3.63, 3.8) is 0 Å². The lowest BCUT2D eigenvalue weighted by Crippen LogP contribution is -2.28. The molecule has 1 amide bonds. The number of carbonyl (C=O) groups excluding carboxylic acids is 1. The molecule has 0 radical (unpaired) electrons. The number of aliphatic hydroxyl groups is 1.